The second kappa shape index (κ2) is 5.36. The van der Waals surface area contributed by atoms with Crippen molar-refractivity contribution in [3.8, 4) is 5.69 Å². The molecular weight excluding hydrogens is 240 g/mol. The molecule has 100 valence electrons. The smallest absolute Gasteiger partial charge is 0.250 e. The van der Waals surface area contributed by atoms with Gasteiger partial charge in [-0.05, 0) is 41.9 Å². The topological polar surface area (TPSA) is 58.9 Å². The standard InChI is InChI=1S/C13H18N6/c1-18(10-11-6-5-9-14-11)13-15-16-17-19(13)12-7-3-2-4-8-12/h2-4,7-8,11,14H,5-6,9-10H2,1H3. The van der Waals surface area contributed by atoms with Crippen LogP contribution in [0, 0.1) is 0 Å². The summed E-state index contributed by atoms with van der Waals surface area (Å²) in [6.07, 6.45) is 2.47. The Kier molecular flexibility index (Phi) is 3.41. The quantitative estimate of drug-likeness (QED) is 0.881. The molecule has 6 nitrogen and oxygen atoms in total. The molecule has 0 radical (unpaired) electrons. The van der Waals surface area contributed by atoms with Gasteiger partial charge in [-0.1, -0.05) is 23.3 Å². The molecule has 1 aliphatic rings. The summed E-state index contributed by atoms with van der Waals surface area (Å²) < 4.78 is 1.77. The van der Waals surface area contributed by atoms with E-state index in [2.05, 4.69) is 25.7 Å². The summed E-state index contributed by atoms with van der Waals surface area (Å²) >= 11 is 0. The van der Waals surface area contributed by atoms with E-state index in [-0.39, 0.29) is 0 Å². The predicted octanol–water partition coefficient (Wildman–Crippen LogP) is 0.850. The van der Waals surface area contributed by atoms with Crippen LogP contribution in [-0.4, -0.2) is 46.4 Å². The lowest BCUT2D eigenvalue weighted by molar-refractivity contribution is 0.591. The number of nitrogens with one attached hydrogen (secondary N) is 1. The number of tetrazole rings is 1. The Bertz CT molecular complexity index is 517. The van der Waals surface area contributed by atoms with Crippen molar-refractivity contribution in [1.29, 1.82) is 0 Å². The molecule has 0 saturated carbocycles. The third-order valence-electron chi connectivity index (χ3n) is 3.45. The van der Waals surface area contributed by atoms with Crippen molar-refractivity contribution in [2.45, 2.75) is 18.9 Å². The fourth-order valence-corrected chi connectivity index (χ4v) is 2.48. The van der Waals surface area contributed by atoms with Crippen LogP contribution < -0.4 is 10.2 Å². The lowest BCUT2D eigenvalue weighted by Gasteiger charge is -2.21. The molecule has 1 N–H and O–H groups in total. The molecule has 3 rings (SSSR count). The molecule has 1 fully saturated rings. The highest BCUT2D eigenvalue weighted by atomic mass is 15.6. The number of anilines is 1. The number of para-hydroxylation sites is 1. The van der Waals surface area contributed by atoms with E-state index in [1.807, 2.05) is 37.4 Å². The fraction of sp³-hybridized carbons (Fsp3) is 0.462. The van der Waals surface area contributed by atoms with E-state index in [1.165, 1.54) is 12.8 Å². The molecule has 1 unspecified atom stereocenters. The number of aromatic nitrogens is 4. The van der Waals surface area contributed by atoms with Crippen molar-refractivity contribution < 1.29 is 0 Å². The van der Waals surface area contributed by atoms with E-state index in [1.54, 1.807) is 4.68 Å². The number of benzene rings is 1. The predicted molar refractivity (Wildman–Crippen MR) is 73.4 cm³/mol. The molecule has 2 heterocycles. The first kappa shape index (κ1) is 12.1. The van der Waals surface area contributed by atoms with Crippen LogP contribution in [0.15, 0.2) is 30.3 Å². The molecule has 0 bridgehead atoms. The van der Waals surface area contributed by atoms with Crippen LogP contribution in [-0.2, 0) is 0 Å². The molecule has 1 aromatic carbocycles. The highest BCUT2D eigenvalue weighted by Crippen LogP contribution is 2.15. The number of likely N-dealkylation sites (N-methyl/N-ethyl adjacent to an activating group) is 1. The SMILES string of the molecule is CN(CC1CCCN1)c1nnnn1-c1ccccc1. The van der Waals surface area contributed by atoms with Crippen molar-refractivity contribution in [2.24, 2.45) is 0 Å². The van der Waals surface area contributed by atoms with Gasteiger partial charge in [0.1, 0.15) is 0 Å². The van der Waals surface area contributed by atoms with Gasteiger partial charge in [0.2, 0.25) is 5.95 Å². The lowest BCUT2D eigenvalue weighted by atomic mass is 10.2. The minimum Gasteiger partial charge on any atom is -0.341 e. The number of rotatable bonds is 4. The van der Waals surface area contributed by atoms with Gasteiger partial charge in [-0.3, -0.25) is 0 Å². The first-order valence-electron chi connectivity index (χ1n) is 6.63. The van der Waals surface area contributed by atoms with Crippen molar-refractivity contribution in [2.75, 3.05) is 25.0 Å². The van der Waals surface area contributed by atoms with Gasteiger partial charge in [0.05, 0.1) is 5.69 Å². The van der Waals surface area contributed by atoms with Gasteiger partial charge in [0, 0.05) is 19.6 Å². The zero-order chi connectivity index (χ0) is 13.1. The summed E-state index contributed by atoms with van der Waals surface area (Å²) in [5.74, 6) is 0.778. The first-order valence-corrected chi connectivity index (χ1v) is 6.63. The summed E-state index contributed by atoms with van der Waals surface area (Å²) in [5.41, 5.74) is 0.980. The minimum atomic E-state index is 0.533. The van der Waals surface area contributed by atoms with Gasteiger partial charge in [0.15, 0.2) is 0 Å². The fourth-order valence-electron chi connectivity index (χ4n) is 2.48. The average molecular weight is 258 g/mol. The Morgan fingerprint density at radius 3 is 2.95 bits per heavy atom. The zero-order valence-electron chi connectivity index (χ0n) is 11.0. The third-order valence-corrected chi connectivity index (χ3v) is 3.45. The number of hydrogen-bond donors (Lipinski definition) is 1. The van der Waals surface area contributed by atoms with E-state index >= 15 is 0 Å². The normalized spacial score (nSPS) is 18.7. The van der Waals surface area contributed by atoms with Gasteiger partial charge in [-0.25, -0.2) is 0 Å². The molecule has 1 aliphatic heterocycles. The molecule has 6 heteroatoms. The summed E-state index contributed by atoms with van der Waals surface area (Å²) in [4.78, 5) is 2.11. The van der Waals surface area contributed by atoms with E-state index < -0.39 is 0 Å². The molecular formula is C13H18N6. The average Bonchev–Trinajstić information content (AvgIpc) is 3.10. The monoisotopic (exact) mass is 258 g/mol. The van der Waals surface area contributed by atoms with Gasteiger partial charge in [-0.15, -0.1) is 0 Å². The van der Waals surface area contributed by atoms with Crippen LogP contribution in [0.5, 0.6) is 0 Å². The molecule has 2 aromatic rings. The largest absolute Gasteiger partial charge is 0.341 e. The molecule has 1 aromatic heterocycles. The van der Waals surface area contributed by atoms with Gasteiger partial charge in [-0.2, -0.15) is 4.68 Å². The number of hydrogen-bond acceptors (Lipinski definition) is 5. The van der Waals surface area contributed by atoms with Gasteiger partial charge < -0.3 is 10.2 Å². The Labute approximate surface area is 112 Å². The van der Waals surface area contributed by atoms with Crippen LogP contribution in [0.4, 0.5) is 5.95 Å². The van der Waals surface area contributed by atoms with E-state index in [0.717, 1.165) is 24.7 Å². The maximum absolute atomic E-state index is 4.13. The summed E-state index contributed by atoms with van der Waals surface area (Å²) in [6.45, 7) is 2.04. The minimum absolute atomic E-state index is 0.533. The van der Waals surface area contributed by atoms with Crippen molar-refractivity contribution in [3.63, 3.8) is 0 Å². The van der Waals surface area contributed by atoms with Crippen LogP contribution in [0.2, 0.25) is 0 Å². The maximum Gasteiger partial charge on any atom is 0.250 e. The summed E-state index contributed by atoms with van der Waals surface area (Å²) in [7, 11) is 2.03. The van der Waals surface area contributed by atoms with E-state index in [0.29, 0.717) is 6.04 Å². The Balaban J connectivity index is 1.79. The second-order valence-corrected chi connectivity index (χ2v) is 4.90. The molecule has 1 saturated heterocycles. The van der Waals surface area contributed by atoms with Crippen molar-refractivity contribution in [3.05, 3.63) is 30.3 Å². The second-order valence-electron chi connectivity index (χ2n) is 4.90. The maximum atomic E-state index is 4.13. The van der Waals surface area contributed by atoms with E-state index in [4.69, 9.17) is 0 Å². The zero-order valence-corrected chi connectivity index (χ0v) is 11.0. The van der Waals surface area contributed by atoms with Crippen LogP contribution in [0.3, 0.4) is 0 Å². The van der Waals surface area contributed by atoms with Crippen LogP contribution >= 0.6 is 0 Å². The number of nitrogens with zero attached hydrogens (tertiary/aromatic N) is 5. The Morgan fingerprint density at radius 1 is 1.37 bits per heavy atom. The summed E-state index contributed by atoms with van der Waals surface area (Å²) in [6, 6.07) is 10.5. The first-order chi connectivity index (χ1) is 9.34. The van der Waals surface area contributed by atoms with Gasteiger partial charge in [0.25, 0.3) is 0 Å². The van der Waals surface area contributed by atoms with Crippen LogP contribution in [0.25, 0.3) is 5.69 Å². The Morgan fingerprint density at radius 2 is 2.21 bits per heavy atom. The highest BCUT2D eigenvalue weighted by Gasteiger charge is 2.19. The Hall–Kier alpha value is -1.95. The van der Waals surface area contributed by atoms with E-state index in [9.17, 15) is 0 Å². The summed E-state index contributed by atoms with van der Waals surface area (Å²) in [5, 5.41) is 15.5. The molecule has 0 aliphatic carbocycles. The van der Waals surface area contributed by atoms with Crippen molar-refractivity contribution >= 4 is 5.95 Å². The third kappa shape index (κ3) is 2.58. The molecule has 19 heavy (non-hydrogen) atoms. The lowest BCUT2D eigenvalue weighted by Crippen LogP contribution is -2.36. The molecule has 1 atom stereocenters. The van der Waals surface area contributed by atoms with Gasteiger partial charge >= 0.3 is 0 Å². The molecule has 0 amide bonds. The highest BCUT2D eigenvalue weighted by molar-refractivity contribution is 5.39. The molecule has 0 spiro atoms. The van der Waals surface area contributed by atoms with Crippen molar-refractivity contribution in [1.82, 2.24) is 25.5 Å². The van der Waals surface area contributed by atoms with Crippen LogP contribution in [0.1, 0.15) is 12.8 Å².